The number of alkyl halides is 2. The van der Waals surface area contributed by atoms with Crippen molar-refractivity contribution in [3.63, 3.8) is 0 Å². The number of aromatic nitrogens is 2. The van der Waals surface area contributed by atoms with Gasteiger partial charge >= 0.3 is 0 Å². The third kappa shape index (κ3) is 3.91. The van der Waals surface area contributed by atoms with Crippen LogP contribution >= 0.6 is 11.5 Å². The second kappa shape index (κ2) is 7.12. The molecule has 0 saturated heterocycles. The predicted octanol–water partition coefficient (Wildman–Crippen LogP) is 2.62. The Labute approximate surface area is 153 Å². The van der Waals surface area contributed by atoms with Crippen LogP contribution in [0.5, 0.6) is 0 Å². The number of primary amides is 1. The number of amides is 1. The van der Waals surface area contributed by atoms with Crippen LogP contribution < -0.4 is 22.1 Å². The van der Waals surface area contributed by atoms with E-state index in [0.29, 0.717) is 29.2 Å². The third-order valence-electron chi connectivity index (χ3n) is 4.31. The quantitative estimate of drug-likeness (QED) is 0.631. The van der Waals surface area contributed by atoms with Gasteiger partial charge in [-0.25, -0.2) is 13.8 Å². The minimum absolute atomic E-state index is 0.0554. The van der Waals surface area contributed by atoms with Gasteiger partial charge in [-0.2, -0.15) is 4.37 Å². The molecule has 1 aliphatic carbocycles. The van der Waals surface area contributed by atoms with E-state index in [2.05, 4.69) is 20.0 Å². The van der Waals surface area contributed by atoms with Gasteiger partial charge in [-0.3, -0.25) is 4.79 Å². The zero-order valence-electron chi connectivity index (χ0n) is 14.1. The Balaban J connectivity index is 1.84. The third-order valence-corrected chi connectivity index (χ3v) is 5.10. The van der Waals surface area contributed by atoms with Crippen molar-refractivity contribution in [2.75, 3.05) is 10.6 Å². The highest BCUT2D eigenvalue weighted by Crippen LogP contribution is 2.34. The lowest BCUT2D eigenvalue weighted by molar-refractivity contribution is -0.0554. The van der Waals surface area contributed by atoms with Crippen molar-refractivity contribution in [3.05, 3.63) is 29.7 Å². The van der Waals surface area contributed by atoms with E-state index >= 15 is 0 Å². The smallest absolute Gasteiger partial charge is 0.269 e. The SMILES string of the molecule is Cc1cc(Nc2cc(N[C@@H]3CCCC(F)(F)[C@@H]3N)cnc2C(N)=O)sn1. The number of rotatable bonds is 5. The van der Waals surface area contributed by atoms with Gasteiger partial charge in [0.1, 0.15) is 5.00 Å². The molecule has 0 unspecified atom stereocenters. The van der Waals surface area contributed by atoms with Crippen molar-refractivity contribution >= 4 is 33.8 Å². The van der Waals surface area contributed by atoms with Gasteiger partial charge in [0.2, 0.25) is 0 Å². The number of pyridine rings is 1. The van der Waals surface area contributed by atoms with Crippen molar-refractivity contribution in [1.29, 1.82) is 0 Å². The highest BCUT2D eigenvalue weighted by molar-refractivity contribution is 7.10. The van der Waals surface area contributed by atoms with E-state index in [1.165, 1.54) is 17.7 Å². The van der Waals surface area contributed by atoms with Gasteiger partial charge < -0.3 is 22.1 Å². The van der Waals surface area contributed by atoms with E-state index < -0.39 is 23.9 Å². The molecular weight excluding hydrogens is 362 g/mol. The monoisotopic (exact) mass is 382 g/mol. The van der Waals surface area contributed by atoms with Crippen molar-refractivity contribution in [2.24, 2.45) is 11.5 Å². The Kier molecular flexibility index (Phi) is 5.05. The predicted molar refractivity (Wildman–Crippen MR) is 97.1 cm³/mol. The first-order valence-electron chi connectivity index (χ1n) is 8.16. The molecule has 2 aromatic rings. The number of carbonyl (C=O) groups is 1. The van der Waals surface area contributed by atoms with Crippen LogP contribution in [-0.2, 0) is 0 Å². The number of nitrogens with two attached hydrogens (primary N) is 2. The van der Waals surface area contributed by atoms with Crippen LogP contribution in [0.4, 0.5) is 25.2 Å². The van der Waals surface area contributed by atoms with E-state index in [-0.39, 0.29) is 12.1 Å². The Morgan fingerprint density at radius 1 is 1.42 bits per heavy atom. The van der Waals surface area contributed by atoms with Crippen molar-refractivity contribution in [2.45, 2.75) is 44.2 Å². The zero-order valence-corrected chi connectivity index (χ0v) is 14.9. The fourth-order valence-electron chi connectivity index (χ4n) is 2.96. The molecule has 0 bridgehead atoms. The summed E-state index contributed by atoms with van der Waals surface area (Å²) >= 11 is 1.23. The highest BCUT2D eigenvalue weighted by Gasteiger charge is 2.44. The molecule has 3 rings (SSSR count). The molecule has 10 heteroatoms. The van der Waals surface area contributed by atoms with Crippen molar-refractivity contribution in [3.8, 4) is 0 Å². The summed E-state index contributed by atoms with van der Waals surface area (Å²) in [5.41, 5.74) is 12.8. The van der Waals surface area contributed by atoms with Gasteiger partial charge in [0, 0.05) is 12.5 Å². The van der Waals surface area contributed by atoms with Crippen molar-refractivity contribution < 1.29 is 13.6 Å². The molecule has 2 atom stereocenters. The van der Waals surface area contributed by atoms with Crippen LogP contribution in [0.25, 0.3) is 0 Å². The highest BCUT2D eigenvalue weighted by atomic mass is 32.1. The lowest BCUT2D eigenvalue weighted by atomic mass is 9.87. The summed E-state index contributed by atoms with van der Waals surface area (Å²) in [5, 5.41) is 6.78. The molecule has 1 saturated carbocycles. The topological polar surface area (TPSA) is 119 Å². The molecule has 1 aliphatic rings. The van der Waals surface area contributed by atoms with Gasteiger partial charge in [-0.05, 0) is 43.4 Å². The minimum Gasteiger partial charge on any atom is -0.379 e. The maximum absolute atomic E-state index is 13.8. The molecular formula is C16H20F2N6OS. The first-order chi connectivity index (χ1) is 12.3. The standard InChI is InChI=1S/C16H20F2N6OS/c1-8-5-12(26-24-8)23-11-6-9(7-21-13(11)15(20)25)22-10-3-2-4-16(17,18)14(10)19/h5-7,10,14,22-23H,2-4,19H2,1H3,(H2,20,25)/t10-,14-/m1/s1. The average Bonchev–Trinajstić information content (AvgIpc) is 2.97. The fourth-order valence-corrected chi connectivity index (χ4v) is 3.64. The summed E-state index contributed by atoms with van der Waals surface area (Å²) in [6.07, 6.45) is 2.10. The summed E-state index contributed by atoms with van der Waals surface area (Å²) in [6.45, 7) is 1.84. The van der Waals surface area contributed by atoms with Crippen LogP contribution in [0.2, 0.25) is 0 Å². The molecule has 2 aromatic heterocycles. The number of aryl methyl sites for hydroxylation is 1. The molecule has 0 radical (unpaired) electrons. The maximum Gasteiger partial charge on any atom is 0.269 e. The second-order valence-corrected chi connectivity index (χ2v) is 7.18. The summed E-state index contributed by atoms with van der Waals surface area (Å²) in [5.74, 6) is -3.60. The minimum atomic E-state index is -2.91. The summed E-state index contributed by atoms with van der Waals surface area (Å²) in [7, 11) is 0. The molecule has 0 aliphatic heterocycles. The van der Waals surface area contributed by atoms with Crippen LogP contribution in [0, 0.1) is 6.92 Å². The van der Waals surface area contributed by atoms with Crippen LogP contribution in [-0.4, -0.2) is 33.3 Å². The lowest BCUT2D eigenvalue weighted by Gasteiger charge is -2.36. The molecule has 140 valence electrons. The number of anilines is 3. The van der Waals surface area contributed by atoms with Crippen molar-refractivity contribution in [1.82, 2.24) is 9.36 Å². The lowest BCUT2D eigenvalue weighted by Crippen LogP contribution is -2.55. The molecule has 6 N–H and O–H groups in total. The maximum atomic E-state index is 13.8. The normalized spacial score (nSPS) is 22.0. The number of hydrogen-bond acceptors (Lipinski definition) is 7. The molecule has 1 fully saturated rings. The average molecular weight is 382 g/mol. The molecule has 0 spiro atoms. The van der Waals surface area contributed by atoms with E-state index in [1.807, 2.05) is 13.0 Å². The number of nitrogens with one attached hydrogen (secondary N) is 2. The molecule has 7 nitrogen and oxygen atoms in total. The molecule has 0 aromatic carbocycles. The van der Waals surface area contributed by atoms with E-state index in [9.17, 15) is 13.6 Å². The summed E-state index contributed by atoms with van der Waals surface area (Å²) in [6, 6.07) is 1.56. The number of halogens is 2. The Bertz CT molecular complexity index is 812. The fraction of sp³-hybridized carbons (Fsp3) is 0.438. The molecule has 2 heterocycles. The van der Waals surface area contributed by atoms with Crippen LogP contribution in [0.3, 0.4) is 0 Å². The summed E-state index contributed by atoms with van der Waals surface area (Å²) < 4.78 is 31.8. The van der Waals surface area contributed by atoms with Gasteiger partial charge in [0.05, 0.1) is 29.3 Å². The van der Waals surface area contributed by atoms with Gasteiger partial charge in [0.15, 0.2) is 5.69 Å². The number of hydrogen-bond donors (Lipinski definition) is 4. The Morgan fingerprint density at radius 3 is 2.85 bits per heavy atom. The van der Waals surface area contributed by atoms with E-state index in [4.69, 9.17) is 11.5 Å². The largest absolute Gasteiger partial charge is 0.379 e. The second-order valence-electron chi connectivity index (χ2n) is 6.37. The van der Waals surface area contributed by atoms with Gasteiger partial charge in [0.25, 0.3) is 11.8 Å². The Morgan fingerprint density at radius 2 is 2.19 bits per heavy atom. The zero-order chi connectivity index (χ0) is 18.9. The van der Waals surface area contributed by atoms with E-state index in [1.54, 1.807) is 6.07 Å². The molecule has 26 heavy (non-hydrogen) atoms. The van der Waals surface area contributed by atoms with E-state index in [0.717, 1.165) is 5.69 Å². The van der Waals surface area contributed by atoms with Gasteiger partial charge in [-0.15, -0.1) is 0 Å². The molecule has 1 amide bonds. The first kappa shape index (κ1) is 18.5. The summed E-state index contributed by atoms with van der Waals surface area (Å²) in [4.78, 5) is 15.7. The van der Waals surface area contributed by atoms with Gasteiger partial charge in [-0.1, -0.05) is 0 Å². The number of carbonyl (C=O) groups excluding carboxylic acids is 1. The van der Waals surface area contributed by atoms with Crippen LogP contribution in [0.15, 0.2) is 18.3 Å². The first-order valence-corrected chi connectivity index (χ1v) is 8.94. The van der Waals surface area contributed by atoms with Crippen LogP contribution in [0.1, 0.15) is 35.4 Å². The number of nitrogens with zero attached hydrogens (tertiary/aromatic N) is 2. The Hall–Kier alpha value is -2.33.